The van der Waals surface area contributed by atoms with E-state index in [1.807, 2.05) is 25.1 Å². The molecule has 3 aromatic rings. The summed E-state index contributed by atoms with van der Waals surface area (Å²) < 4.78 is 11.2. The van der Waals surface area contributed by atoms with Crippen molar-refractivity contribution in [1.29, 1.82) is 5.26 Å². The number of fused-ring (bicyclic) bond motifs is 1. The molecule has 1 saturated heterocycles. The van der Waals surface area contributed by atoms with Crippen LogP contribution in [0.15, 0.2) is 30.3 Å². The van der Waals surface area contributed by atoms with Crippen LogP contribution in [0.25, 0.3) is 10.9 Å². The molecule has 0 aliphatic carbocycles. The number of nitriles is 1. The van der Waals surface area contributed by atoms with Crippen molar-refractivity contribution in [2.45, 2.75) is 45.4 Å². The van der Waals surface area contributed by atoms with Gasteiger partial charge in [-0.15, -0.1) is 0 Å². The number of methoxy groups -OCH3 is 1. The summed E-state index contributed by atoms with van der Waals surface area (Å²) in [6.45, 7) is 3.34. The Balaban J connectivity index is 1.68. The number of benzene rings is 2. The first kappa shape index (κ1) is 26.8. The molecular formula is C27H28Cl2N4O4. The van der Waals surface area contributed by atoms with E-state index >= 15 is 0 Å². The van der Waals surface area contributed by atoms with E-state index in [0.717, 1.165) is 40.6 Å². The van der Waals surface area contributed by atoms with Gasteiger partial charge in [-0.3, -0.25) is 0 Å². The molecule has 0 bridgehead atoms. The van der Waals surface area contributed by atoms with Crippen molar-refractivity contribution in [2.24, 2.45) is 0 Å². The zero-order valence-electron chi connectivity index (χ0n) is 20.7. The normalized spacial score (nSPS) is 15.1. The largest absolute Gasteiger partial charge is 0.495 e. The lowest BCUT2D eigenvalue weighted by Crippen LogP contribution is -2.37. The summed E-state index contributed by atoms with van der Waals surface area (Å²) in [5, 5.41) is 24.1. The first-order valence-corrected chi connectivity index (χ1v) is 12.8. The first-order chi connectivity index (χ1) is 17.9. The van der Waals surface area contributed by atoms with Crippen LogP contribution in [0.4, 0.5) is 10.5 Å². The minimum Gasteiger partial charge on any atom is -0.495 e. The van der Waals surface area contributed by atoms with Crippen LogP contribution < -0.4 is 10.1 Å². The number of anilines is 1. The quantitative estimate of drug-likeness (QED) is 0.307. The lowest BCUT2D eigenvalue weighted by atomic mass is 10.0. The number of aryl methyl sites for hydroxylation is 1. The first-order valence-electron chi connectivity index (χ1n) is 12.0. The van der Waals surface area contributed by atoms with Gasteiger partial charge in [0.05, 0.1) is 54.2 Å². The average Bonchev–Trinajstić information content (AvgIpc) is 3.36. The number of rotatable bonds is 9. The molecule has 1 amide bonds. The van der Waals surface area contributed by atoms with Crippen LogP contribution in [0.3, 0.4) is 0 Å². The van der Waals surface area contributed by atoms with Crippen LogP contribution >= 0.6 is 23.2 Å². The maximum Gasteiger partial charge on any atom is 0.407 e. The van der Waals surface area contributed by atoms with E-state index in [9.17, 15) is 15.2 Å². The lowest BCUT2D eigenvalue weighted by Gasteiger charge is -2.22. The number of halogens is 2. The molecule has 0 saturated carbocycles. The van der Waals surface area contributed by atoms with E-state index in [1.54, 1.807) is 19.2 Å². The number of aromatic nitrogens is 1. The van der Waals surface area contributed by atoms with Crippen molar-refractivity contribution >= 4 is 45.9 Å². The van der Waals surface area contributed by atoms with Crippen LogP contribution in [0.2, 0.25) is 10.2 Å². The van der Waals surface area contributed by atoms with E-state index in [-0.39, 0.29) is 19.3 Å². The highest BCUT2D eigenvalue weighted by molar-refractivity contribution is 6.32. The maximum absolute atomic E-state index is 11.5. The molecule has 1 atom stereocenters. The molecule has 37 heavy (non-hydrogen) atoms. The predicted octanol–water partition coefficient (Wildman–Crippen LogP) is 6.26. The van der Waals surface area contributed by atoms with Gasteiger partial charge >= 0.3 is 6.09 Å². The Labute approximate surface area is 225 Å². The Morgan fingerprint density at radius 3 is 2.81 bits per heavy atom. The summed E-state index contributed by atoms with van der Waals surface area (Å²) in [6.07, 6.45) is 1.32. The molecule has 10 heteroatoms. The van der Waals surface area contributed by atoms with Gasteiger partial charge < -0.3 is 24.8 Å². The van der Waals surface area contributed by atoms with Crippen molar-refractivity contribution in [3.05, 3.63) is 62.8 Å². The van der Waals surface area contributed by atoms with Crippen molar-refractivity contribution < 1.29 is 19.4 Å². The Kier molecular flexibility index (Phi) is 8.59. The number of likely N-dealkylation sites (tertiary alicyclic amines) is 1. The third-order valence-electron chi connectivity index (χ3n) is 6.59. The van der Waals surface area contributed by atoms with Crippen molar-refractivity contribution in [3.8, 4) is 11.8 Å². The molecule has 1 aromatic heterocycles. The molecule has 1 aliphatic rings. The highest BCUT2D eigenvalue weighted by Gasteiger charge is 2.28. The number of hydrogen-bond acceptors (Lipinski definition) is 6. The maximum atomic E-state index is 11.5. The molecule has 8 nitrogen and oxygen atoms in total. The molecule has 2 aromatic carbocycles. The van der Waals surface area contributed by atoms with Gasteiger partial charge in [0, 0.05) is 24.0 Å². The van der Waals surface area contributed by atoms with Gasteiger partial charge in [0.1, 0.15) is 10.9 Å². The molecule has 1 aliphatic heterocycles. The highest BCUT2D eigenvalue weighted by atomic mass is 35.5. The second-order valence-electron chi connectivity index (χ2n) is 8.86. The second-order valence-corrected chi connectivity index (χ2v) is 9.63. The molecular weight excluding hydrogens is 515 g/mol. The van der Waals surface area contributed by atoms with E-state index < -0.39 is 6.09 Å². The summed E-state index contributed by atoms with van der Waals surface area (Å²) in [6, 6.07) is 11.2. The zero-order valence-corrected chi connectivity index (χ0v) is 22.2. The molecule has 194 valence electrons. The standard InChI is InChI=1S/C27H28Cl2N4O4/c1-3-18-9-17(12-30)10-20-24(18)32-26(29)21(15-37-14-19-5-4-8-33(19)27(34)35)25(20)31-13-16-6-7-23(36-2)22(28)11-16/h6-7,9-11,19H,3-5,8,13-15H2,1-2H3,(H,31,32)(H,34,35)/t19-/m0/s1. The Morgan fingerprint density at radius 1 is 1.32 bits per heavy atom. The van der Waals surface area contributed by atoms with Gasteiger partial charge in [0.2, 0.25) is 0 Å². The fourth-order valence-electron chi connectivity index (χ4n) is 4.68. The Morgan fingerprint density at radius 2 is 2.14 bits per heavy atom. The summed E-state index contributed by atoms with van der Waals surface area (Å²) in [5.41, 5.74) is 4.45. The molecule has 0 radical (unpaired) electrons. The number of carbonyl (C=O) groups is 1. The smallest absolute Gasteiger partial charge is 0.407 e. The molecule has 1 fully saturated rings. The Bertz CT molecular complexity index is 1360. The van der Waals surface area contributed by atoms with Gasteiger partial charge in [-0.2, -0.15) is 5.26 Å². The van der Waals surface area contributed by atoms with Gasteiger partial charge in [0.25, 0.3) is 0 Å². The summed E-state index contributed by atoms with van der Waals surface area (Å²) in [7, 11) is 1.57. The molecule has 0 unspecified atom stereocenters. The number of nitrogens with zero attached hydrogens (tertiary/aromatic N) is 3. The fraction of sp³-hybridized carbons (Fsp3) is 0.370. The monoisotopic (exact) mass is 542 g/mol. The van der Waals surface area contributed by atoms with Crippen LogP contribution in [0, 0.1) is 11.3 Å². The van der Waals surface area contributed by atoms with Crippen molar-refractivity contribution in [2.75, 3.05) is 25.6 Å². The Hall–Kier alpha value is -3.25. The van der Waals surface area contributed by atoms with Gasteiger partial charge in [-0.1, -0.05) is 36.2 Å². The third-order valence-corrected chi connectivity index (χ3v) is 7.20. The summed E-state index contributed by atoms with van der Waals surface area (Å²) >= 11 is 13.0. The number of carboxylic acid groups (broad SMARTS) is 1. The van der Waals surface area contributed by atoms with Crippen LogP contribution in [-0.2, 0) is 24.3 Å². The van der Waals surface area contributed by atoms with Gasteiger partial charge in [0.15, 0.2) is 0 Å². The highest BCUT2D eigenvalue weighted by Crippen LogP contribution is 2.35. The van der Waals surface area contributed by atoms with Crippen molar-refractivity contribution in [3.63, 3.8) is 0 Å². The van der Waals surface area contributed by atoms with Crippen LogP contribution in [0.1, 0.15) is 42.0 Å². The molecule has 4 rings (SSSR count). The van der Waals surface area contributed by atoms with E-state index in [2.05, 4.69) is 16.4 Å². The van der Waals surface area contributed by atoms with Gasteiger partial charge in [-0.25, -0.2) is 9.78 Å². The zero-order chi connectivity index (χ0) is 26.5. The fourth-order valence-corrected chi connectivity index (χ4v) is 5.20. The van der Waals surface area contributed by atoms with E-state index in [4.69, 9.17) is 32.7 Å². The number of ether oxygens (including phenoxy) is 2. The number of amides is 1. The van der Waals surface area contributed by atoms with E-state index in [1.165, 1.54) is 4.90 Å². The third kappa shape index (κ3) is 5.85. The molecule has 2 N–H and O–H groups in total. The topological polar surface area (TPSA) is 108 Å². The van der Waals surface area contributed by atoms with Gasteiger partial charge in [-0.05, 0) is 54.7 Å². The number of hydrogen-bond donors (Lipinski definition) is 2. The SMILES string of the molecule is CCc1cc(C#N)cc2c(NCc3ccc(OC)c(Cl)c3)c(COC[C@@H]3CCCN3C(=O)O)c(Cl)nc12. The molecule has 0 spiro atoms. The average molecular weight is 543 g/mol. The summed E-state index contributed by atoms with van der Waals surface area (Å²) in [4.78, 5) is 17.6. The lowest BCUT2D eigenvalue weighted by molar-refractivity contribution is 0.0645. The van der Waals surface area contributed by atoms with Crippen LogP contribution in [-0.4, -0.2) is 47.4 Å². The minimum atomic E-state index is -0.937. The predicted molar refractivity (Wildman–Crippen MR) is 144 cm³/mol. The van der Waals surface area contributed by atoms with Crippen molar-refractivity contribution in [1.82, 2.24) is 9.88 Å². The van der Waals surface area contributed by atoms with Crippen LogP contribution in [0.5, 0.6) is 5.75 Å². The second kappa shape index (κ2) is 11.9. The minimum absolute atomic E-state index is 0.135. The molecule has 2 heterocycles. The number of pyridine rings is 1. The number of nitrogens with one attached hydrogen (secondary N) is 1. The summed E-state index contributed by atoms with van der Waals surface area (Å²) in [5.74, 6) is 0.588. The van der Waals surface area contributed by atoms with E-state index in [0.29, 0.717) is 46.6 Å².